The molecule has 0 bridgehead atoms. The number of pyridine rings is 2. The van der Waals surface area contributed by atoms with Gasteiger partial charge in [-0.25, -0.2) is 0 Å². The van der Waals surface area contributed by atoms with Crippen LogP contribution < -0.4 is 4.90 Å². The van der Waals surface area contributed by atoms with Crippen molar-refractivity contribution in [1.82, 2.24) is 9.97 Å². The normalized spacial score (nSPS) is 11.8. The van der Waals surface area contributed by atoms with E-state index >= 15 is 0 Å². The number of aromatic nitrogens is 2. The lowest BCUT2D eigenvalue weighted by Crippen LogP contribution is -2.09. The largest absolute Gasteiger partial charge is 0.454 e. The van der Waals surface area contributed by atoms with Crippen LogP contribution in [0.3, 0.4) is 0 Å². The highest BCUT2D eigenvalue weighted by Crippen LogP contribution is 2.41. The molecule has 0 fully saturated rings. The van der Waals surface area contributed by atoms with Crippen molar-refractivity contribution in [3.63, 3.8) is 0 Å². The van der Waals surface area contributed by atoms with E-state index in [1.807, 2.05) is 42.7 Å². The van der Waals surface area contributed by atoms with E-state index in [9.17, 15) is 0 Å². The summed E-state index contributed by atoms with van der Waals surface area (Å²) in [5.41, 5.74) is 11.5. The Hall–Kier alpha value is -7.24. The molecule has 0 radical (unpaired) electrons. The summed E-state index contributed by atoms with van der Waals surface area (Å²) in [5, 5.41) is 8.09. The molecule has 0 aliphatic rings. The topological polar surface area (TPSA) is 55.3 Å². The van der Waals surface area contributed by atoms with Gasteiger partial charge in [-0.15, -0.1) is 0 Å². The van der Waals surface area contributed by atoms with E-state index in [4.69, 9.17) is 8.83 Å². The van der Waals surface area contributed by atoms with Gasteiger partial charge >= 0.3 is 0 Å². The maximum atomic E-state index is 6.33. The predicted molar refractivity (Wildman–Crippen MR) is 217 cm³/mol. The third-order valence-corrected chi connectivity index (χ3v) is 10.4. The summed E-state index contributed by atoms with van der Waals surface area (Å²) >= 11 is 0. The second-order valence-electron chi connectivity index (χ2n) is 13.4. The highest BCUT2D eigenvalue weighted by atomic mass is 16.3. The molecule has 0 N–H and O–H groups in total. The molecule has 0 saturated heterocycles. The maximum absolute atomic E-state index is 6.33. The zero-order chi connectivity index (χ0) is 34.9. The van der Waals surface area contributed by atoms with Gasteiger partial charge in [0.25, 0.3) is 0 Å². The number of benzene rings is 7. The summed E-state index contributed by atoms with van der Waals surface area (Å²) in [5.74, 6) is 0. The number of para-hydroxylation sites is 2. The second-order valence-corrected chi connectivity index (χ2v) is 13.4. The van der Waals surface area contributed by atoms with Crippen molar-refractivity contribution in [2.24, 2.45) is 0 Å². The minimum absolute atomic E-state index is 0.790. The first-order chi connectivity index (χ1) is 26.3. The molecule has 53 heavy (non-hydrogen) atoms. The Morgan fingerprint density at radius 1 is 0.415 bits per heavy atom. The molecule has 4 heterocycles. The van der Waals surface area contributed by atoms with Gasteiger partial charge in [0.2, 0.25) is 0 Å². The number of fused-ring (bicyclic) bond motifs is 9. The van der Waals surface area contributed by atoms with Gasteiger partial charge in [0.05, 0.1) is 6.20 Å². The number of anilines is 3. The van der Waals surface area contributed by atoms with E-state index in [-0.39, 0.29) is 0 Å². The molecule has 0 saturated carbocycles. The summed E-state index contributed by atoms with van der Waals surface area (Å²) in [7, 11) is 0. The van der Waals surface area contributed by atoms with Crippen LogP contribution in [0.15, 0.2) is 185 Å². The SMILES string of the molecule is c1ccc2c(c1)ccc1cc(N(c3ccc(-c4cccc5c4oc4cnccc45)cc3)c3ccc(-c4ccnc5c4oc4ccccc45)cc3)ccc12. The van der Waals surface area contributed by atoms with Crippen LogP contribution in [0.4, 0.5) is 17.1 Å². The molecule has 248 valence electrons. The average molecular weight is 680 g/mol. The summed E-state index contributed by atoms with van der Waals surface area (Å²) < 4.78 is 12.7. The van der Waals surface area contributed by atoms with Crippen molar-refractivity contribution in [2.75, 3.05) is 4.90 Å². The third-order valence-electron chi connectivity index (χ3n) is 10.4. The van der Waals surface area contributed by atoms with Gasteiger partial charge in [0, 0.05) is 56.7 Å². The van der Waals surface area contributed by atoms with Crippen LogP contribution in [0, 0.1) is 0 Å². The average Bonchev–Trinajstić information content (AvgIpc) is 3.80. The molecule has 4 aromatic heterocycles. The van der Waals surface area contributed by atoms with Crippen molar-refractivity contribution < 1.29 is 8.83 Å². The molecule has 5 heteroatoms. The van der Waals surface area contributed by atoms with Crippen LogP contribution in [-0.4, -0.2) is 9.97 Å². The minimum atomic E-state index is 0.790. The summed E-state index contributed by atoms with van der Waals surface area (Å²) in [6.45, 7) is 0. The number of hydrogen-bond donors (Lipinski definition) is 0. The maximum Gasteiger partial charge on any atom is 0.161 e. The molecule has 0 amide bonds. The van der Waals surface area contributed by atoms with Crippen molar-refractivity contribution in [1.29, 1.82) is 0 Å². The van der Waals surface area contributed by atoms with Crippen LogP contribution in [-0.2, 0) is 0 Å². The number of rotatable bonds is 5. The molecule has 7 aromatic carbocycles. The lowest BCUT2D eigenvalue weighted by Gasteiger charge is -2.26. The lowest BCUT2D eigenvalue weighted by molar-refractivity contribution is 0.668. The molecule has 11 rings (SSSR count). The molecule has 0 atom stereocenters. The van der Waals surface area contributed by atoms with Gasteiger partial charge in [0.15, 0.2) is 11.2 Å². The van der Waals surface area contributed by atoms with Crippen LogP contribution in [0.1, 0.15) is 0 Å². The molecule has 0 aliphatic carbocycles. The zero-order valence-electron chi connectivity index (χ0n) is 28.4. The van der Waals surface area contributed by atoms with E-state index in [0.717, 1.165) is 83.3 Å². The van der Waals surface area contributed by atoms with E-state index in [2.05, 4.69) is 142 Å². The highest BCUT2D eigenvalue weighted by molar-refractivity contribution is 6.11. The number of hydrogen-bond acceptors (Lipinski definition) is 5. The van der Waals surface area contributed by atoms with E-state index in [1.54, 1.807) is 6.20 Å². The van der Waals surface area contributed by atoms with Gasteiger partial charge in [0.1, 0.15) is 16.7 Å². The number of nitrogens with zero attached hydrogens (tertiary/aromatic N) is 3. The van der Waals surface area contributed by atoms with Crippen molar-refractivity contribution in [3.05, 3.63) is 176 Å². The molecular weight excluding hydrogens is 651 g/mol. The van der Waals surface area contributed by atoms with E-state index < -0.39 is 0 Å². The van der Waals surface area contributed by atoms with Gasteiger partial charge in [-0.3, -0.25) is 9.97 Å². The fraction of sp³-hybridized carbons (Fsp3) is 0. The Labute approximate surface area is 304 Å². The monoisotopic (exact) mass is 679 g/mol. The molecule has 11 aromatic rings. The third kappa shape index (κ3) is 4.71. The first-order valence-electron chi connectivity index (χ1n) is 17.7. The molecule has 5 nitrogen and oxygen atoms in total. The Morgan fingerprint density at radius 2 is 1.08 bits per heavy atom. The molecule has 0 spiro atoms. The van der Waals surface area contributed by atoms with Gasteiger partial charge in [-0.1, -0.05) is 97.1 Å². The number of furan rings is 2. The molecule has 0 aliphatic heterocycles. The van der Waals surface area contributed by atoms with Gasteiger partial charge < -0.3 is 13.7 Å². The lowest BCUT2D eigenvalue weighted by atomic mass is 10.00. The highest BCUT2D eigenvalue weighted by Gasteiger charge is 2.18. The Kier molecular flexibility index (Phi) is 6.48. The zero-order valence-corrected chi connectivity index (χ0v) is 28.4. The minimum Gasteiger partial charge on any atom is -0.454 e. The van der Waals surface area contributed by atoms with Gasteiger partial charge in [-0.2, -0.15) is 0 Å². The fourth-order valence-corrected chi connectivity index (χ4v) is 7.88. The summed E-state index contributed by atoms with van der Waals surface area (Å²) in [6.07, 6.45) is 5.46. The smallest absolute Gasteiger partial charge is 0.161 e. The Balaban J connectivity index is 1.04. The van der Waals surface area contributed by atoms with Crippen LogP contribution in [0.25, 0.3) is 87.8 Å². The van der Waals surface area contributed by atoms with Crippen molar-refractivity contribution >= 4 is 82.6 Å². The molecular formula is C48H29N3O2. The van der Waals surface area contributed by atoms with Crippen LogP contribution in [0.2, 0.25) is 0 Å². The van der Waals surface area contributed by atoms with Crippen molar-refractivity contribution in [3.8, 4) is 22.3 Å². The standard InChI is InChI=1S/C48H29N3O2/c1-2-7-37-30(6-1)12-13-33-28-36(22-23-38(33)37)51(34-18-14-31(15-19-34)39-9-5-10-42-41-24-26-49-29-45(41)53-47(39)42)35-20-16-32(17-21-35)40-25-27-50-46-43-8-3-4-11-44(43)52-48(40)46/h1-29H. The van der Waals surface area contributed by atoms with E-state index in [1.165, 1.54) is 21.5 Å². The quantitative estimate of drug-likeness (QED) is 0.169. The molecule has 0 unspecified atom stereocenters. The van der Waals surface area contributed by atoms with E-state index in [0.29, 0.717) is 0 Å². The van der Waals surface area contributed by atoms with Crippen LogP contribution >= 0.6 is 0 Å². The fourth-order valence-electron chi connectivity index (χ4n) is 7.88. The first kappa shape index (κ1) is 29.5. The van der Waals surface area contributed by atoms with Crippen LogP contribution in [0.5, 0.6) is 0 Å². The Bertz CT molecular complexity index is 3020. The first-order valence-corrected chi connectivity index (χ1v) is 17.7. The second kappa shape index (κ2) is 11.7. The summed E-state index contributed by atoms with van der Waals surface area (Å²) in [6, 6.07) is 55.6. The Morgan fingerprint density at radius 3 is 1.91 bits per heavy atom. The summed E-state index contributed by atoms with van der Waals surface area (Å²) in [4.78, 5) is 11.3. The van der Waals surface area contributed by atoms with Gasteiger partial charge in [-0.05, 0) is 93.3 Å². The van der Waals surface area contributed by atoms with Crippen molar-refractivity contribution in [2.45, 2.75) is 0 Å². The predicted octanol–water partition coefficient (Wildman–Crippen LogP) is 13.4.